The van der Waals surface area contributed by atoms with Gasteiger partial charge in [0.2, 0.25) is 0 Å². The maximum atomic E-state index is 5.69. The Labute approximate surface area is 303 Å². The Balaban J connectivity index is 1.16. The molecule has 2 nitrogen and oxygen atoms in total. The number of hydrogen-bond donors (Lipinski definition) is 0. The lowest BCUT2D eigenvalue weighted by molar-refractivity contribution is 0.567. The van der Waals surface area contributed by atoms with Crippen molar-refractivity contribution in [3.05, 3.63) is 186 Å². The van der Waals surface area contributed by atoms with Gasteiger partial charge in [0, 0.05) is 28.2 Å². The second-order valence-corrected chi connectivity index (χ2v) is 15.1. The van der Waals surface area contributed by atoms with Crippen LogP contribution in [0, 0.1) is 0 Å². The van der Waals surface area contributed by atoms with E-state index in [1.165, 1.54) is 87.5 Å². The first-order valence-corrected chi connectivity index (χ1v) is 18.4. The molecule has 0 radical (unpaired) electrons. The van der Waals surface area contributed by atoms with Gasteiger partial charge >= 0.3 is 0 Å². The molecule has 0 fully saturated rings. The van der Waals surface area contributed by atoms with E-state index in [2.05, 4.69) is 182 Å². The maximum absolute atomic E-state index is 5.69. The van der Waals surface area contributed by atoms with E-state index in [1.807, 2.05) is 0 Å². The maximum Gasteiger partial charge on any atom is 0.130 e. The van der Waals surface area contributed by atoms with E-state index in [9.17, 15) is 0 Å². The lowest BCUT2D eigenvalue weighted by Gasteiger charge is -2.26. The third-order valence-corrected chi connectivity index (χ3v) is 11.9. The van der Waals surface area contributed by atoms with E-state index in [0.717, 1.165) is 17.7 Å². The number of hydrogen-bond acceptors (Lipinski definition) is 1. The van der Waals surface area contributed by atoms with Gasteiger partial charge in [0.25, 0.3) is 0 Å². The van der Waals surface area contributed by atoms with Gasteiger partial charge in [-0.1, -0.05) is 147 Å². The van der Waals surface area contributed by atoms with Gasteiger partial charge in [-0.3, -0.25) is 4.99 Å². The summed E-state index contributed by atoms with van der Waals surface area (Å²) in [4.78, 5) is 5.69. The highest BCUT2D eigenvalue weighted by Crippen LogP contribution is 2.51. The number of rotatable bonds is 3. The van der Waals surface area contributed by atoms with Crippen LogP contribution in [0.4, 0.5) is 0 Å². The smallest absolute Gasteiger partial charge is 0.130 e. The molecular weight excluding hydrogens is 629 g/mol. The molecule has 8 aromatic carbocycles. The van der Waals surface area contributed by atoms with Crippen LogP contribution in [0.1, 0.15) is 48.7 Å². The molecule has 52 heavy (non-hydrogen) atoms. The number of benzene rings is 8. The Morgan fingerprint density at radius 1 is 0.481 bits per heavy atom. The molecule has 0 spiro atoms. The first kappa shape index (κ1) is 29.5. The minimum Gasteiger partial charge on any atom is -0.317 e. The lowest BCUT2D eigenvalue weighted by Crippen LogP contribution is -2.17. The summed E-state index contributed by atoms with van der Waals surface area (Å²) in [6, 6.07) is 58.2. The van der Waals surface area contributed by atoms with Gasteiger partial charge in [-0.25, -0.2) is 0 Å². The number of nitrogens with zero attached hydrogens (tertiary/aromatic N) is 2. The Morgan fingerprint density at radius 3 is 1.85 bits per heavy atom. The zero-order valence-corrected chi connectivity index (χ0v) is 29.3. The average molecular weight is 665 g/mol. The van der Waals surface area contributed by atoms with E-state index >= 15 is 0 Å². The number of dihydropyridines is 1. The Kier molecular flexibility index (Phi) is 6.16. The van der Waals surface area contributed by atoms with E-state index in [4.69, 9.17) is 4.99 Å². The quantitative estimate of drug-likeness (QED) is 0.167. The molecule has 246 valence electrons. The van der Waals surface area contributed by atoms with Crippen LogP contribution in [0.2, 0.25) is 0 Å². The molecule has 0 unspecified atom stereocenters. The van der Waals surface area contributed by atoms with Gasteiger partial charge in [0.1, 0.15) is 6.17 Å². The van der Waals surface area contributed by atoms with E-state index in [-0.39, 0.29) is 11.6 Å². The third kappa shape index (κ3) is 4.15. The Morgan fingerprint density at radius 2 is 1.10 bits per heavy atom. The van der Waals surface area contributed by atoms with Crippen molar-refractivity contribution in [1.82, 2.24) is 4.57 Å². The Hall–Kier alpha value is -6.25. The number of para-hydroxylation sites is 1. The molecule has 0 bridgehead atoms. The largest absolute Gasteiger partial charge is 0.317 e. The second kappa shape index (κ2) is 10.9. The molecular formula is C50H36N2. The van der Waals surface area contributed by atoms with Gasteiger partial charge < -0.3 is 4.57 Å². The van der Waals surface area contributed by atoms with Crippen molar-refractivity contribution in [1.29, 1.82) is 0 Å². The lowest BCUT2D eigenvalue weighted by atomic mass is 9.82. The summed E-state index contributed by atoms with van der Waals surface area (Å²) in [5.41, 5.74) is 12.6. The molecule has 1 aliphatic heterocycles. The fourth-order valence-electron chi connectivity index (χ4n) is 9.41. The molecule has 2 heterocycles. The highest BCUT2D eigenvalue weighted by molar-refractivity contribution is 6.27. The highest BCUT2D eigenvalue weighted by atomic mass is 15.1. The first-order valence-electron chi connectivity index (χ1n) is 18.4. The number of aromatic nitrogens is 1. The van der Waals surface area contributed by atoms with Gasteiger partial charge in [-0.05, 0) is 96.0 Å². The first-order chi connectivity index (χ1) is 25.5. The normalized spacial score (nSPS) is 16.4. The van der Waals surface area contributed by atoms with Crippen LogP contribution >= 0.6 is 0 Å². The summed E-state index contributed by atoms with van der Waals surface area (Å²) in [6.45, 7) is 4.74. The van der Waals surface area contributed by atoms with Crippen molar-refractivity contribution < 1.29 is 0 Å². The van der Waals surface area contributed by atoms with Gasteiger partial charge in [-0.15, -0.1) is 0 Å². The van der Waals surface area contributed by atoms with Crippen LogP contribution in [0.15, 0.2) is 169 Å². The zero-order valence-electron chi connectivity index (χ0n) is 29.3. The third-order valence-electron chi connectivity index (χ3n) is 11.9. The minimum absolute atomic E-state index is 0.0878. The Bertz CT molecular complexity index is 2970. The number of aliphatic imine (C=N–C) groups is 1. The number of fused-ring (bicyclic) bond motifs is 12. The van der Waals surface area contributed by atoms with Crippen molar-refractivity contribution in [3.63, 3.8) is 0 Å². The standard InChI is InChI=1S/C50H36N2/c1-50(2)44-22-12-10-20-39(44)42-29-43-40-21-11-13-23-47(40)52(48(43)30-45(42)50)49-28-33(31-14-4-3-5-15-31)27-46(51-49)32-24-25-38-36-18-7-6-16-34(36)35-17-8-9-19-37(35)41(38)26-32/h3-27,29-30,49H,28H2,1-2H3/t49-/m0/s1. The second-order valence-electron chi connectivity index (χ2n) is 15.1. The fourth-order valence-corrected chi connectivity index (χ4v) is 9.41. The van der Waals surface area contributed by atoms with Crippen molar-refractivity contribution in [2.75, 3.05) is 0 Å². The molecule has 0 saturated carbocycles. The van der Waals surface area contributed by atoms with E-state index < -0.39 is 0 Å². The average Bonchev–Trinajstić information content (AvgIpc) is 3.65. The molecule has 1 aliphatic carbocycles. The van der Waals surface area contributed by atoms with Gasteiger partial charge in [-0.2, -0.15) is 0 Å². The summed E-state index contributed by atoms with van der Waals surface area (Å²) in [5, 5.41) is 10.3. The summed E-state index contributed by atoms with van der Waals surface area (Å²) in [6.07, 6.45) is 3.02. The predicted molar refractivity (Wildman–Crippen MR) is 221 cm³/mol. The summed E-state index contributed by atoms with van der Waals surface area (Å²) in [5.74, 6) is 0. The molecule has 1 atom stereocenters. The molecule has 1 aromatic heterocycles. The topological polar surface area (TPSA) is 17.3 Å². The van der Waals surface area contributed by atoms with Crippen LogP contribution in [-0.4, -0.2) is 10.3 Å². The summed E-state index contributed by atoms with van der Waals surface area (Å²) < 4.78 is 2.53. The van der Waals surface area contributed by atoms with Gasteiger partial charge in [0.15, 0.2) is 0 Å². The van der Waals surface area contributed by atoms with Crippen LogP contribution in [-0.2, 0) is 5.41 Å². The molecule has 0 N–H and O–H groups in total. The van der Waals surface area contributed by atoms with E-state index in [0.29, 0.717) is 0 Å². The molecule has 2 heteroatoms. The molecule has 0 amide bonds. The van der Waals surface area contributed by atoms with Crippen LogP contribution in [0.5, 0.6) is 0 Å². The SMILES string of the molecule is CC1(C)c2ccccc2-c2cc3c4ccccc4n([C@H]4CC(c5ccccc5)=CC(c5ccc6c7ccccc7c7ccccc7c6c5)=N4)c3cc21. The highest BCUT2D eigenvalue weighted by Gasteiger charge is 2.36. The van der Waals surface area contributed by atoms with Crippen molar-refractivity contribution in [2.24, 2.45) is 4.99 Å². The zero-order chi connectivity index (χ0) is 34.6. The van der Waals surface area contributed by atoms with Crippen LogP contribution in [0.3, 0.4) is 0 Å². The fraction of sp³-hybridized carbons (Fsp3) is 0.100. The van der Waals surface area contributed by atoms with Crippen molar-refractivity contribution in [3.8, 4) is 11.1 Å². The monoisotopic (exact) mass is 664 g/mol. The predicted octanol–water partition coefficient (Wildman–Crippen LogP) is 13.0. The molecule has 2 aliphatic rings. The number of allylic oxidation sites excluding steroid dienone is 1. The minimum atomic E-state index is -0.119. The van der Waals surface area contributed by atoms with Crippen molar-refractivity contribution >= 4 is 65.4 Å². The van der Waals surface area contributed by atoms with Crippen molar-refractivity contribution in [2.45, 2.75) is 31.8 Å². The molecule has 0 saturated heterocycles. The van der Waals surface area contributed by atoms with Crippen LogP contribution in [0.25, 0.3) is 70.8 Å². The molecule has 9 aromatic rings. The summed E-state index contributed by atoms with van der Waals surface area (Å²) >= 11 is 0. The summed E-state index contributed by atoms with van der Waals surface area (Å²) in [7, 11) is 0. The molecule has 11 rings (SSSR count). The van der Waals surface area contributed by atoms with Gasteiger partial charge in [0.05, 0.1) is 16.7 Å². The van der Waals surface area contributed by atoms with E-state index in [1.54, 1.807) is 0 Å². The van der Waals surface area contributed by atoms with Crippen LogP contribution < -0.4 is 0 Å².